The van der Waals surface area contributed by atoms with Crippen LogP contribution in [0.4, 0.5) is 11.4 Å². The van der Waals surface area contributed by atoms with Crippen LogP contribution in [0.15, 0.2) is 77.7 Å². The number of hydrogen-bond acceptors (Lipinski definition) is 3. The first-order valence-corrected chi connectivity index (χ1v) is 12.7. The molecular weight excluding hydrogens is 487 g/mol. The van der Waals surface area contributed by atoms with Gasteiger partial charge in [0, 0.05) is 26.7 Å². The summed E-state index contributed by atoms with van der Waals surface area (Å²) >= 11 is 18.5. The topological polar surface area (TPSA) is 58.2 Å². The summed E-state index contributed by atoms with van der Waals surface area (Å²) in [5.41, 5.74) is 3.23. The van der Waals surface area contributed by atoms with Crippen LogP contribution >= 0.6 is 34.8 Å². The predicted molar refractivity (Wildman–Crippen MR) is 132 cm³/mol. The molecule has 164 valence electrons. The standard InChI is InChI=1S/C24H19Cl3N2O2S/c25-14-10-15(26)12-16(11-14)29-32(30,31)17-8-9-23-21(13-17)18-5-3-6-19(18)24(28-23)20-4-1-2-7-22(20)27/h1-5,7-13,18-19,24,28-29H,6H2/t18-,19+,24-/m0/s1. The van der Waals surface area contributed by atoms with Crippen molar-refractivity contribution in [1.29, 1.82) is 0 Å². The molecule has 3 aromatic carbocycles. The fourth-order valence-corrected chi connectivity index (χ4v) is 6.46. The average molecular weight is 506 g/mol. The van der Waals surface area contributed by atoms with E-state index in [4.69, 9.17) is 34.8 Å². The van der Waals surface area contributed by atoms with Crippen LogP contribution in [0.3, 0.4) is 0 Å². The molecule has 4 nitrogen and oxygen atoms in total. The van der Waals surface area contributed by atoms with E-state index in [0.29, 0.717) is 15.7 Å². The minimum Gasteiger partial charge on any atom is -0.378 e. The van der Waals surface area contributed by atoms with Crippen LogP contribution in [0.5, 0.6) is 0 Å². The smallest absolute Gasteiger partial charge is 0.261 e. The van der Waals surface area contributed by atoms with Gasteiger partial charge < -0.3 is 5.32 Å². The Morgan fingerprint density at radius 2 is 1.66 bits per heavy atom. The highest BCUT2D eigenvalue weighted by atomic mass is 35.5. The Morgan fingerprint density at radius 3 is 2.41 bits per heavy atom. The highest BCUT2D eigenvalue weighted by Crippen LogP contribution is 2.51. The number of nitrogens with one attached hydrogen (secondary N) is 2. The second kappa shape index (κ2) is 8.31. The van der Waals surface area contributed by atoms with Crippen molar-refractivity contribution >= 4 is 56.2 Å². The zero-order valence-electron chi connectivity index (χ0n) is 16.7. The summed E-state index contributed by atoms with van der Waals surface area (Å²) < 4.78 is 28.7. The second-order valence-electron chi connectivity index (χ2n) is 8.01. The maximum absolute atomic E-state index is 13.1. The van der Waals surface area contributed by atoms with Crippen molar-refractivity contribution in [2.75, 3.05) is 10.0 Å². The predicted octanol–water partition coefficient (Wildman–Crippen LogP) is 7.27. The van der Waals surface area contributed by atoms with Gasteiger partial charge in [-0.15, -0.1) is 0 Å². The lowest BCUT2D eigenvalue weighted by Crippen LogP contribution is -2.29. The van der Waals surface area contributed by atoms with Crippen LogP contribution in [-0.2, 0) is 10.0 Å². The highest BCUT2D eigenvalue weighted by Gasteiger charge is 2.39. The van der Waals surface area contributed by atoms with Gasteiger partial charge in [-0.2, -0.15) is 0 Å². The monoisotopic (exact) mass is 504 g/mol. The van der Waals surface area contributed by atoms with Gasteiger partial charge >= 0.3 is 0 Å². The fourth-order valence-electron chi connectivity index (χ4n) is 4.60. The Hall–Kier alpha value is -2.18. The number of rotatable bonds is 4. The summed E-state index contributed by atoms with van der Waals surface area (Å²) in [5, 5.41) is 5.03. The van der Waals surface area contributed by atoms with Crippen molar-refractivity contribution < 1.29 is 8.42 Å². The van der Waals surface area contributed by atoms with E-state index in [9.17, 15) is 8.42 Å². The van der Waals surface area contributed by atoms with Gasteiger partial charge in [0.15, 0.2) is 0 Å². The number of hydrogen-bond donors (Lipinski definition) is 2. The third-order valence-corrected chi connectivity index (χ3v) is 8.16. The molecule has 2 aliphatic rings. The third kappa shape index (κ3) is 3.99. The van der Waals surface area contributed by atoms with Gasteiger partial charge in [0.2, 0.25) is 0 Å². The molecule has 0 bridgehead atoms. The lowest BCUT2D eigenvalue weighted by molar-refractivity contribution is 0.425. The Morgan fingerprint density at radius 1 is 0.906 bits per heavy atom. The molecule has 0 radical (unpaired) electrons. The quantitative estimate of drug-likeness (QED) is 0.366. The molecule has 0 unspecified atom stereocenters. The van der Waals surface area contributed by atoms with Crippen molar-refractivity contribution in [3.8, 4) is 0 Å². The van der Waals surface area contributed by atoms with Gasteiger partial charge in [-0.3, -0.25) is 4.72 Å². The van der Waals surface area contributed by atoms with Gasteiger partial charge in [-0.25, -0.2) is 8.42 Å². The third-order valence-electron chi connectivity index (χ3n) is 6.00. The Bertz CT molecular complexity index is 1320. The molecule has 2 N–H and O–H groups in total. The molecule has 3 atom stereocenters. The number of anilines is 2. The van der Waals surface area contributed by atoms with E-state index in [-0.39, 0.29) is 22.8 Å². The number of benzene rings is 3. The normalized spacial score (nSPS) is 21.5. The van der Waals surface area contributed by atoms with Gasteiger partial charge in [0.1, 0.15) is 0 Å². The largest absolute Gasteiger partial charge is 0.378 e. The van der Waals surface area contributed by atoms with Crippen molar-refractivity contribution in [2.45, 2.75) is 23.3 Å². The van der Waals surface area contributed by atoms with Crippen molar-refractivity contribution in [1.82, 2.24) is 0 Å². The zero-order valence-corrected chi connectivity index (χ0v) is 19.8. The number of fused-ring (bicyclic) bond motifs is 3. The van der Waals surface area contributed by atoms with E-state index in [0.717, 1.165) is 28.3 Å². The molecule has 0 amide bonds. The first kappa shape index (κ1) is 21.7. The van der Waals surface area contributed by atoms with Crippen molar-refractivity contribution in [2.24, 2.45) is 5.92 Å². The van der Waals surface area contributed by atoms with Crippen LogP contribution in [0.25, 0.3) is 0 Å². The van der Waals surface area contributed by atoms with Crippen LogP contribution in [-0.4, -0.2) is 8.42 Å². The summed E-state index contributed by atoms with van der Waals surface area (Å²) in [4.78, 5) is 0.185. The summed E-state index contributed by atoms with van der Waals surface area (Å²) in [5.74, 6) is 0.350. The lowest BCUT2D eigenvalue weighted by atomic mass is 9.77. The van der Waals surface area contributed by atoms with Crippen molar-refractivity contribution in [3.05, 3.63) is 99.0 Å². The number of halogens is 3. The molecule has 0 saturated carbocycles. The van der Waals surface area contributed by atoms with E-state index < -0.39 is 10.0 Å². The van der Waals surface area contributed by atoms with E-state index in [2.05, 4.69) is 22.2 Å². The summed E-state index contributed by atoms with van der Waals surface area (Å²) in [6.45, 7) is 0. The Balaban J connectivity index is 1.50. The molecule has 1 aliphatic heterocycles. The minimum atomic E-state index is -3.82. The van der Waals surface area contributed by atoms with Gasteiger partial charge in [-0.05, 0) is 65.9 Å². The molecule has 1 aliphatic carbocycles. The molecule has 5 rings (SSSR count). The fraction of sp³-hybridized carbons (Fsp3) is 0.167. The molecule has 8 heteroatoms. The van der Waals surface area contributed by atoms with Crippen LogP contribution in [0.1, 0.15) is 29.5 Å². The second-order valence-corrected chi connectivity index (χ2v) is 11.0. The highest BCUT2D eigenvalue weighted by molar-refractivity contribution is 7.92. The molecule has 0 fully saturated rings. The van der Waals surface area contributed by atoms with E-state index >= 15 is 0 Å². The Labute approximate surface area is 202 Å². The maximum atomic E-state index is 13.1. The molecule has 3 aromatic rings. The van der Waals surface area contributed by atoms with E-state index in [1.807, 2.05) is 30.3 Å². The SMILES string of the molecule is O=S(=O)(Nc1cc(Cl)cc(Cl)c1)c1ccc2c(c1)[C@H]1C=CC[C@H]1[C@@H](c1ccccc1Cl)N2. The van der Waals surface area contributed by atoms with Crippen LogP contribution < -0.4 is 10.0 Å². The summed E-state index contributed by atoms with van der Waals surface area (Å²) in [7, 11) is -3.82. The average Bonchev–Trinajstić information content (AvgIpc) is 3.22. The number of allylic oxidation sites excluding steroid dienone is 2. The van der Waals surface area contributed by atoms with Gasteiger partial charge in [-0.1, -0.05) is 65.2 Å². The first-order chi connectivity index (χ1) is 15.3. The van der Waals surface area contributed by atoms with Crippen molar-refractivity contribution in [3.63, 3.8) is 0 Å². The minimum absolute atomic E-state index is 0.0467. The maximum Gasteiger partial charge on any atom is 0.261 e. The summed E-state index contributed by atoms with van der Waals surface area (Å²) in [6.07, 6.45) is 5.21. The lowest BCUT2D eigenvalue weighted by Gasteiger charge is -2.38. The van der Waals surface area contributed by atoms with Crippen LogP contribution in [0, 0.1) is 5.92 Å². The molecule has 0 saturated heterocycles. The zero-order chi connectivity index (χ0) is 22.5. The molecule has 0 aromatic heterocycles. The molecular formula is C24H19Cl3N2O2S. The first-order valence-electron chi connectivity index (χ1n) is 10.1. The van der Waals surface area contributed by atoms with E-state index in [1.165, 1.54) is 12.1 Å². The Kier molecular flexibility index (Phi) is 5.62. The number of sulfonamides is 1. The van der Waals surface area contributed by atoms with E-state index in [1.54, 1.807) is 18.2 Å². The van der Waals surface area contributed by atoms with Gasteiger partial charge in [0.05, 0.1) is 16.6 Å². The summed E-state index contributed by atoms with van der Waals surface area (Å²) in [6, 6.07) is 17.6. The van der Waals surface area contributed by atoms with Gasteiger partial charge in [0.25, 0.3) is 10.0 Å². The molecule has 32 heavy (non-hydrogen) atoms. The molecule has 0 spiro atoms. The molecule has 1 heterocycles. The van der Waals surface area contributed by atoms with Crippen LogP contribution in [0.2, 0.25) is 15.1 Å².